The second kappa shape index (κ2) is 3.97. The molecule has 0 spiro atoms. The molecule has 0 radical (unpaired) electrons. The lowest BCUT2D eigenvalue weighted by atomic mass is 10.00. The first kappa shape index (κ1) is 10.8. The van der Waals surface area contributed by atoms with Crippen molar-refractivity contribution in [2.24, 2.45) is 0 Å². The van der Waals surface area contributed by atoms with Crippen LogP contribution in [0, 0.1) is 0 Å². The first-order valence-corrected chi connectivity index (χ1v) is 6.70. The molecule has 0 amide bonds. The lowest BCUT2D eigenvalue weighted by Crippen LogP contribution is -1.79. The van der Waals surface area contributed by atoms with E-state index in [9.17, 15) is 0 Å². The van der Waals surface area contributed by atoms with Crippen LogP contribution in [0.5, 0.6) is 0 Å². The number of rotatable bonds is 0. The molecule has 4 rings (SSSR count). The molecule has 1 heteroatoms. The average Bonchev–Trinajstić information content (AvgIpc) is 2.44. The standard InChI is InChI=1S/C18H11Cl/c19-18-7-3-6-14-10-15-8-12-4-1-2-5-13(12)9-16(15)11-17(14)18/h1-11H. The summed E-state index contributed by atoms with van der Waals surface area (Å²) in [5.41, 5.74) is 0. The van der Waals surface area contributed by atoms with Gasteiger partial charge < -0.3 is 0 Å². The first-order chi connectivity index (χ1) is 9.31. The molecule has 0 saturated heterocycles. The van der Waals surface area contributed by atoms with Crippen molar-refractivity contribution >= 4 is 43.9 Å². The van der Waals surface area contributed by atoms with Gasteiger partial charge in [0.25, 0.3) is 0 Å². The first-order valence-electron chi connectivity index (χ1n) is 6.32. The highest BCUT2D eigenvalue weighted by atomic mass is 35.5. The second-order valence-electron chi connectivity index (χ2n) is 4.86. The quantitative estimate of drug-likeness (QED) is 0.351. The van der Waals surface area contributed by atoms with Gasteiger partial charge in [-0.2, -0.15) is 0 Å². The molecule has 4 aromatic carbocycles. The van der Waals surface area contributed by atoms with E-state index in [4.69, 9.17) is 11.6 Å². The minimum Gasteiger partial charge on any atom is -0.0837 e. The van der Waals surface area contributed by atoms with Gasteiger partial charge in [-0.25, -0.2) is 0 Å². The van der Waals surface area contributed by atoms with E-state index in [0.29, 0.717) is 0 Å². The molecule has 0 aromatic heterocycles. The molecule has 19 heavy (non-hydrogen) atoms. The molecule has 0 fully saturated rings. The summed E-state index contributed by atoms with van der Waals surface area (Å²) in [6, 6.07) is 23.3. The molecule has 0 nitrogen and oxygen atoms in total. The summed E-state index contributed by atoms with van der Waals surface area (Å²) in [6.45, 7) is 0. The average molecular weight is 263 g/mol. The fraction of sp³-hybridized carbons (Fsp3) is 0. The van der Waals surface area contributed by atoms with E-state index in [1.54, 1.807) is 0 Å². The Labute approximate surface area is 116 Å². The molecule has 0 atom stereocenters. The van der Waals surface area contributed by atoms with Crippen LogP contribution in [0.1, 0.15) is 0 Å². The number of halogens is 1. The van der Waals surface area contributed by atoms with Crippen molar-refractivity contribution in [1.29, 1.82) is 0 Å². The molecule has 0 aliphatic carbocycles. The van der Waals surface area contributed by atoms with Crippen molar-refractivity contribution < 1.29 is 0 Å². The summed E-state index contributed by atoms with van der Waals surface area (Å²) < 4.78 is 0. The molecule has 0 heterocycles. The fourth-order valence-electron chi connectivity index (χ4n) is 2.68. The van der Waals surface area contributed by atoms with Gasteiger partial charge in [0.05, 0.1) is 0 Å². The number of hydrogen-bond acceptors (Lipinski definition) is 0. The Hall–Kier alpha value is -2.05. The highest BCUT2D eigenvalue weighted by molar-refractivity contribution is 6.36. The Morgan fingerprint density at radius 1 is 0.526 bits per heavy atom. The maximum atomic E-state index is 6.28. The van der Waals surface area contributed by atoms with Crippen molar-refractivity contribution in [3.63, 3.8) is 0 Å². The predicted octanol–water partition coefficient (Wildman–Crippen LogP) is 5.80. The summed E-state index contributed by atoms with van der Waals surface area (Å²) in [5, 5.41) is 8.15. The lowest BCUT2D eigenvalue weighted by molar-refractivity contribution is 1.77. The summed E-state index contributed by atoms with van der Waals surface area (Å²) >= 11 is 6.28. The third-order valence-corrected chi connectivity index (χ3v) is 3.98. The summed E-state index contributed by atoms with van der Waals surface area (Å²) in [6.07, 6.45) is 0. The Morgan fingerprint density at radius 3 is 1.84 bits per heavy atom. The number of benzene rings is 4. The van der Waals surface area contributed by atoms with E-state index in [2.05, 4.69) is 54.6 Å². The normalized spacial score (nSPS) is 11.4. The Bertz CT molecular complexity index is 922. The summed E-state index contributed by atoms with van der Waals surface area (Å²) in [7, 11) is 0. The minimum atomic E-state index is 0.813. The van der Waals surface area contributed by atoms with Gasteiger partial charge in [-0.05, 0) is 57.3 Å². The van der Waals surface area contributed by atoms with E-state index in [-0.39, 0.29) is 0 Å². The smallest absolute Gasteiger partial charge is 0.0484 e. The Morgan fingerprint density at radius 2 is 1.11 bits per heavy atom. The van der Waals surface area contributed by atoms with Crippen LogP contribution in [0.2, 0.25) is 5.02 Å². The third-order valence-electron chi connectivity index (χ3n) is 3.65. The molecule has 0 saturated carbocycles. The zero-order valence-electron chi connectivity index (χ0n) is 10.2. The van der Waals surface area contributed by atoms with Gasteiger partial charge in [0, 0.05) is 10.4 Å². The summed E-state index contributed by atoms with van der Waals surface area (Å²) in [5.74, 6) is 0. The third kappa shape index (κ3) is 1.68. The van der Waals surface area contributed by atoms with Crippen LogP contribution in [0.4, 0.5) is 0 Å². The molecule has 0 aliphatic heterocycles. The number of hydrogen-bond donors (Lipinski definition) is 0. The molecule has 4 aromatic rings. The van der Waals surface area contributed by atoms with Crippen LogP contribution in [-0.4, -0.2) is 0 Å². The minimum absolute atomic E-state index is 0.813. The van der Waals surface area contributed by atoms with E-state index < -0.39 is 0 Å². The van der Waals surface area contributed by atoms with Crippen molar-refractivity contribution in [1.82, 2.24) is 0 Å². The van der Waals surface area contributed by atoms with Gasteiger partial charge in [-0.1, -0.05) is 48.0 Å². The Balaban J connectivity index is 2.20. The van der Waals surface area contributed by atoms with Crippen molar-refractivity contribution in [3.8, 4) is 0 Å². The monoisotopic (exact) mass is 262 g/mol. The van der Waals surface area contributed by atoms with Gasteiger partial charge in [-0.3, -0.25) is 0 Å². The molecular weight excluding hydrogens is 252 g/mol. The molecule has 0 N–H and O–H groups in total. The number of fused-ring (bicyclic) bond motifs is 3. The van der Waals surface area contributed by atoms with Crippen LogP contribution < -0.4 is 0 Å². The SMILES string of the molecule is Clc1cccc2cc3cc4ccccc4cc3cc12. The Kier molecular flexibility index (Phi) is 2.27. The largest absolute Gasteiger partial charge is 0.0837 e. The van der Waals surface area contributed by atoms with Crippen LogP contribution in [0.3, 0.4) is 0 Å². The van der Waals surface area contributed by atoms with Gasteiger partial charge in [0.2, 0.25) is 0 Å². The predicted molar refractivity (Wildman–Crippen MR) is 84.0 cm³/mol. The molecular formula is C18H11Cl. The molecule has 90 valence electrons. The van der Waals surface area contributed by atoms with Gasteiger partial charge in [0.1, 0.15) is 0 Å². The van der Waals surface area contributed by atoms with Crippen molar-refractivity contribution in [2.45, 2.75) is 0 Å². The van der Waals surface area contributed by atoms with Gasteiger partial charge in [-0.15, -0.1) is 0 Å². The maximum Gasteiger partial charge on any atom is 0.0484 e. The second-order valence-corrected chi connectivity index (χ2v) is 5.27. The van der Waals surface area contributed by atoms with Crippen LogP contribution in [0.15, 0.2) is 66.7 Å². The van der Waals surface area contributed by atoms with Crippen LogP contribution in [-0.2, 0) is 0 Å². The van der Waals surface area contributed by atoms with E-state index in [1.165, 1.54) is 26.9 Å². The van der Waals surface area contributed by atoms with Crippen molar-refractivity contribution in [2.75, 3.05) is 0 Å². The topological polar surface area (TPSA) is 0 Å². The highest BCUT2D eigenvalue weighted by Gasteiger charge is 2.03. The highest BCUT2D eigenvalue weighted by Crippen LogP contribution is 2.30. The molecule has 0 unspecified atom stereocenters. The van der Waals surface area contributed by atoms with Gasteiger partial charge in [0.15, 0.2) is 0 Å². The molecule has 0 aliphatic rings. The van der Waals surface area contributed by atoms with Gasteiger partial charge >= 0.3 is 0 Å². The zero-order chi connectivity index (χ0) is 12.8. The zero-order valence-corrected chi connectivity index (χ0v) is 11.0. The van der Waals surface area contributed by atoms with E-state index >= 15 is 0 Å². The maximum absolute atomic E-state index is 6.28. The van der Waals surface area contributed by atoms with Crippen molar-refractivity contribution in [3.05, 3.63) is 71.8 Å². The summed E-state index contributed by atoms with van der Waals surface area (Å²) in [4.78, 5) is 0. The fourth-order valence-corrected chi connectivity index (χ4v) is 2.92. The van der Waals surface area contributed by atoms with E-state index in [1.807, 2.05) is 12.1 Å². The van der Waals surface area contributed by atoms with Crippen LogP contribution in [0.25, 0.3) is 32.3 Å². The van der Waals surface area contributed by atoms with Crippen LogP contribution >= 0.6 is 11.6 Å². The molecule has 0 bridgehead atoms. The lowest BCUT2D eigenvalue weighted by Gasteiger charge is -2.06. The van der Waals surface area contributed by atoms with E-state index in [0.717, 1.165) is 10.4 Å².